The Morgan fingerprint density at radius 3 is 2.29 bits per heavy atom. The Hall–Kier alpha value is -0.590. The number of aliphatic hydroxyl groups is 1. The van der Waals surface area contributed by atoms with E-state index in [-0.39, 0.29) is 12.0 Å². The smallest absolute Gasteiger partial charge is 0.147 e. The molecule has 0 aliphatic heterocycles. The highest BCUT2D eigenvalue weighted by Crippen LogP contribution is 2.15. The van der Waals surface area contributed by atoms with Gasteiger partial charge in [-0.1, -0.05) is 20.3 Å². The number of nitrogens with zero attached hydrogens (tertiary/aromatic N) is 1. The monoisotopic (exact) mass is 199 g/mol. The molecule has 0 fully saturated rings. The largest absolute Gasteiger partial charge is 0.391 e. The summed E-state index contributed by atoms with van der Waals surface area (Å²) in [6.45, 7) is 7.55. The second-order valence-corrected chi connectivity index (χ2v) is 3.90. The van der Waals surface area contributed by atoms with Crippen molar-refractivity contribution in [3.8, 4) is 6.07 Å². The average Bonchev–Trinajstić information content (AvgIpc) is 2.13. The maximum absolute atomic E-state index is 9.24. The van der Waals surface area contributed by atoms with Crippen molar-refractivity contribution in [3.63, 3.8) is 0 Å². The van der Waals surface area contributed by atoms with Crippen molar-refractivity contribution >= 4 is 0 Å². The summed E-state index contributed by atoms with van der Waals surface area (Å²) >= 11 is 0. The fourth-order valence-electron chi connectivity index (χ4n) is 1.24. The lowest BCUT2D eigenvalue weighted by atomic mass is 10.00. The highest BCUT2D eigenvalue weighted by atomic mass is 16.5. The molecule has 0 saturated heterocycles. The first-order valence-corrected chi connectivity index (χ1v) is 5.26. The van der Waals surface area contributed by atoms with Gasteiger partial charge in [0.05, 0.1) is 18.3 Å². The summed E-state index contributed by atoms with van der Waals surface area (Å²) in [7, 11) is 0. The van der Waals surface area contributed by atoms with Crippen molar-refractivity contribution in [2.75, 3.05) is 0 Å². The van der Waals surface area contributed by atoms with Crippen LogP contribution < -0.4 is 0 Å². The Morgan fingerprint density at radius 2 is 1.93 bits per heavy atom. The zero-order chi connectivity index (χ0) is 11.1. The van der Waals surface area contributed by atoms with E-state index in [1.54, 1.807) is 13.8 Å². The third kappa shape index (κ3) is 4.59. The summed E-state index contributed by atoms with van der Waals surface area (Å²) in [6.07, 6.45) is 0.814. The van der Waals surface area contributed by atoms with Crippen LogP contribution in [-0.2, 0) is 4.74 Å². The van der Waals surface area contributed by atoms with E-state index in [9.17, 15) is 5.11 Å². The Morgan fingerprint density at radius 1 is 1.36 bits per heavy atom. The summed E-state index contributed by atoms with van der Waals surface area (Å²) < 4.78 is 5.46. The first-order chi connectivity index (χ1) is 6.52. The normalized spacial score (nSPS) is 19.4. The lowest BCUT2D eigenvalue weighted by molar-refractivity contribution is -0.0585. The van der Waals surface area contributed by atoms with Crippen LogP contribution in [0.3, 0.4) is 0 Å². The zero-order valence-corrected chi connectivity index (χ0v) is 9.53. The van der Waals surface area contributed by atoms with Crippen LogP contribution in [0.25, 0.3) is 0 Å². The predicted molar refractivity (Wildman–Crippen MR) is 55.7 cm³/mol. The van der Waals surface area contributed by atoms with Gasteiger partial charge in [-0.05, 0) is 26.2 Å². The molecule has 14 heavy (non-hydrogen) atoms. The molecule has 82 valence electrons. The van der Waals surface area contributed by atoms with Crippen LogP contribution in [0.5, 0.6) is 0 Å². The average molecular weight is 199 g/mol. The van der Waals surface area contributed by atoms with Crippen molar-refractivity contribution in [3.05, 3.63) is 0 Å². The van der Waals surface area contributed by atoms with E-state index in [1.807, 2.05) is 6.92 Å². The second kappa shape index (κ2) is 6.80. The molecule has 0 rings (SSSR count). The number of hydrogen-bond acceptors (Lipinski definition) is 3. The van der Waals surface area contributed by atoms with Gasteiger partial charge in [-0.25, -0.2) is 0 Å². The minimum Gasteiger partial charge on any atom is -0.391 e. The molecule has 0 aliphatic carbocycles. The third-order valence-corrected chi connectivity index (χ3v) is 2.43. The first-order valence-electron chi connectivity index (χ1n) is 5.26. The molecule has 0 heterocycles. The standard InChI is InChI=1S/C11H21NO2/c1-5-6-8(2)11(7-12)14-10(4)9(3)13/h8-11,13H,5-6H2,1-4H3. The Kier molecular flexibility index (Phi) is 6.52. The van der Waals surface area contributed by atoms with Gasteiger partial charge in [0.2, 0.25) is 0 Å². The quantitative estimate of drug-likeness (QED) is 0.712. The number of ether oxygens (including phenoxy) is 1. The van der Waals surface area contributed by atoms with Crippen molar-refractivity contribution in [1.29, 1.82) is 5.26 Å². The molecule has 0 aromatic heterocycles. The molecule has 0 aromatic carbocycles. The molecule has 0 amide bonds. The van der Waals surface area contributed by atoms with Crippen molar-refractivity contribution < 1.29 is 9.84 Å². The number of aliphatic hydroxyl groups excluding tert-OH is 1. The van der Waals surface area contributed by atoms with Crippen molar-refractivity contribution in [1.82, 2.24) is 0 Å². The molecule has 0 aromatic rings. The van der Waals surface area contributed by atoms with Crippen LogP contribution in [0, 0.1) is 17.2 Å². The molecule has 3 nitrogen and oxygen atoms in total. The topological polar surface area (TPSA) is 53.2 Å². The third-order valence-electron chi connectivity index (χ3n) is 2.43. The maximum Gasteiger partial charge on any atom is 0.147 e. The summed E-state index contributed by atoms with van der Waals surface area (Å²) in [6, 6.07) is 2.14. The molecular weight excluding hydrogens is 178 g/mol. The van der Waals surface area contributed by atoms with E-state index in [0.717, 1.165) is 12.8 Å². The Balaban J connectivity index is 4.09. The van der Waals surface area contributed by atoms with E-state index in [4.69, 9.17) is 10.00 Å². The molecule has 3 heteroatoms. The second-order valence-electron chi connectivity index (χ2n) is 3.90. The first kappa shape index (κ1) is 13.4. The highest BCUT2D eigenvalue weighted by molar-refractivity contribution is 4.89. The minimum atomic E-state index is -0.528. The SMILES string of the molecule is CCCC(C)C(C#N)OC(C)C(C)O. The Labute approximate surface area is 86.7 Å². The van der Waals surface area contributed by atoms with Crippen LogP contribution in [0.2, 0.25) is 0 Å². The van der Waals surface area contributed by atoms with Crippen LogP contribution in [0.15, 0.2) is 0 Å². The molecule has 0 saturated carbocycles. The van der Waals surface area contributed by atoms with E-state index >= 15 is 0 Å². The summed E-state index contributed by atoms with van der Waals surface area (Å²) in [5.41, 5.74) is 0. The van der Waals surface area contributed by atoms with Gasteiger partial charge in [-0.2, -0.15) is 5.26 Å². The van der Waals surface area contributed by atoms with E-state index in [1.165, 1.54) is 0 Å². The van der Waals surface area contributed by atoms with Gasteiger partial charge in [0.25, 0.3) is 0 Å². The maximum atomic E-state index is 9.24. The van der Waals surface area contributed by atoms with Crippen LogP contribution >= 0.6 is 0 Å². The zero-order valence-electron chi connectivity index (χ0n) is 9.53. The molecule has 4 atom stereocenters. The van der Waals surface area contributed by atoms with Crippen LogP contribution in [0.4, 0.5) is 0 Å². The highest BCUT2D eigenvalue weighted by Gasteiger charge is 2.21. The van der Waals surface area contributed by atoms with E-state index in [0.29, 0.717) is 0 Å². The molecular formula is C11H21NO2. The van der Waals surface area contributed by atoms with Gasteiger partial charge in [-0.3, -0.25) is 0 Å². The van der Waals surface area contributed by atoms with Crippen LogP contribution in [-0.4, -0.2) is 23.4 Å². The molecule has 0 bridgehead atoms. The number of nitriles is 1. The molecule has 1 N–H and O–H groups in total. The van der Waals surface area contributed by atoms with Gasteiger partial charge >= 0.3 is 0 Å². The Bertz CT molecular complexity index is 186. The number of hydrogen-bond donors (Lipinski definition) is 1. The summed E-state index contributed by atoms with van der Waals surface area (Å²) in [5.74, 6) is 0.228. The lowest BCUT2D eigenvalue weighted by Crippen LogP contribution is -2.31. The number of rotatable bonds is 6. The minimum absolute atomic E-state index is 0.228. The fraction of sp³-hybridized carbons (Fsp3) is 0.909. The predicted octanol–water partition coefficient (Wildman–Crippen LogP) is 2.10. The van der Waals surface area contributed by atoms with Gasteiger partial charge in [-0.15, -0.1) is 0 Å². The molecule has 0 aliphatic rings. The van der Waals surface area contributed by atoms with E-state index < -0.39 is 12.2 Å². The van der Waals surface area contributed by atoms with Gasteiger partial charge in [0.1, 0.15) is 6.10 Å². The summed E-state index contributed by atoms with van der Waals surface area (Å²) in [4.78, 5) is 0. The lowest BCUT2D eigenvalue weighted by Gasteiger charge is -2.23. The van der Waals surface area contributed by atoms with E-state index in [2.05, 4.69) is 13.0 Å². The molecule has 0 radical (unpaired) electrons. The fourth-order valence-corrected chi connectivity index (χ4v) is 1.24. The van der Waals surface area contributed by atoms with Crippen LogP contribution in [0.1, 0.15) is 40.5 Å². The summed E-state index contributed by atoms with van der Waals surface area (Å²) in [5, 5.41) is 18.1. The van der Waals surface area contributed by atoms with Gasteiger partial charge in [0, 0.05) is 0 Å². The molecule has 0 spiro atoms. The van der Waals surface area contributed by atoms with Crippen molar-refractivity contribution in [2.45, 2.75) is 58.8 Å². The molecule has 4 unspecified atom stereocenters. The van der Waals surface area contributed by atoms with Gasteiger partial charge < -0.3 is 9.84 Å². The van der Waals surface area contributed by atoms with Gasteiger partial charge in [0.15, 0.2) is 0 Å². The van der Waals surface area contributed by atoms with Crippen molar-refractivity contribution in [2.24, 2.45) is 5.92 Å².